The monoisotopic (exact) mass is 252 g/mol. The van der Waals surface area contributed by atoms with Crippen molar-refractivity contribution in [1.29, 1.82) is 0 Å². The standard InChI is InChI=1S/C13H16O5/c1-13(16,12(15)18-3)8-11(14)9-4-6-10(17-2)7-5-9/h4-7,16H,8H2,1-3H3/t13-/m1/s1. The van der Waals surface area contributed by atoms with Gasteiger partial charge in [-0.15, -0.1) is 0 Å². The number of carbonyl (C=O) groups is 2. The molecule has 0 spiro atoms. The van der Waals surface area contributed by atoms with Crippen LogP contribution in [0.5, 0.6) is 5.75 Å². The zero-order chi connectivity index (χ0) is 13.8. The Labute approximate surface area is 105 Å². The highest BCUT2D eigenvalue weighted by Crippen LogP contribution is 2.18. The number of aliphatic hydroxyl groups is 1. The number of ether oxygens (including phenoxy) is 2. The minimum atomic E-state index is -1.81. The second-order valence-electron chi connectivity index (χ2n) is 4.09. The van der Waals surface area contributed by atoms with Crippen molar-refractivity contribution in [2.75, 3.05) is 14.2 Å². The predicted molar refractivity (Wildman–Crippen MR) is 64.6 cm³/mol. The van der Waals surface area contributed by atoms with Crippen molar-refractivity contribution in [3.05, 3.63) is 29.8 Å². The van der Waals surface area contributed by atoms with Crippen LogP contribution in [0.4, 0.5) is 0 Å². The second kappa shape index (κ2) is 5.64. The lowest BCUT2D eigenvalue weighted by molar-refractivity contribution is -0.160. The molecule has 5 nitrogen and oxygen atoms in total. The quantitative estimate of drug-likeness (QED) is 0.629. The molecule has 0 aliphatic heterocycles. The summed E-state index contributed by atoms with van der Waals surface area (Å²) in [5.74, 6) is -0.538. The van der Waals surface area contributed by atoms with Gasteiger partial charge in [-0.1, -0.05) is 0 Å². The van der Waals surface area contributed by atoms with Gasteiger partial charge >= 0.3 is 5.97 Å². The molecule has 0 fully saturated rings. The first-order valence-corrected chi connectivity index (χ1v) is 5.39. The number of benzene rings is 1. The van der Waals surface area contributed by atoms with Gasteiger partial charge in [0.15, 0.2) is 11.4 Å². The molecule has 5 heteroatoms. The fraction of sp³-hybridized carbons (Fsp3) is 0.385. The number of ketones is 1. The van der Waals surface area contributed by atoms with Gasteiger partial charge in [-0.05, 0) is 31.2 Å². The van der Waals surface area contributed by atoms with Gasteiger partial charge in [-0.2, -0.15) is 0 Å². The highest BCUT2D eigenvalue weighted by Gasteiger charge is 2.34. The highest BCUT2D eigenvalue weighted by atomic mass is 16.5. The van der Waals surface area contributed by atoms with E-state index in [0.29, 0.717) is 11.3 Å². The molecule has 1 aromatic rings. The fourth-order valence-corrected chi connectivity index (χ4v) is 1.48. The molecule has 1 aromatic carbocycles. The normalized spacial score (nSPS) is 13.6. The molecule has 1 rings (SSSR count). The molecular weight excluding hydrogens is 236 g/mol. The number of hydrogen-bond donors (Lipinski definition) is 1. The molecule has 0 aromatic heterocycles. The zero-order valence-electron chi connectivity index (χ0n) is 10.6. The average Bonchev–Trinajstić information content (AvgIpc) is 2.37. The average molecular weight is 252 g/mol. The van der Waals surface area contributed by atoms with Crippen LogP contribution in [0.25, 0.3) is 0 Å². The number of hydrogen-bond acceptors (Lipinski definition) is 5. The topological polar surface area (TPSA) is 72.8 Å². The van der Waals surface area contributed by atoms with Gasteiger partial charge in [0, 0.05) is 5.56 Å². The van der Waals surface area contributed by atoms with Gasteiger partial charge in [-0.25, -0.2) is 4.79 Å². The van der Waals surface area contributed by atoms with E-state index in [2.05, 4.69) is 4.74 Å². The van der Waals surface area contributed by atoms with E-state index in [0.717, 1.165) is 7.11 Å². The van der Waals surface area contributed by atoms with E-state index in [1.165, 1.54) is 14.0 Å². The van der Waals surface area contributed by atoms with E-state index in [1.54, 1.807) is 24.3 Å². The summed E-state index contributed by atoms with van der Waals surface area (Å²) in [5, 5.41) is 9.80. The SMILES string of the molecule is COC(=O)[C@](C)(O)CC(=O)c1ccc(OC)cc1. The third-order valence-corrected chi connectivity index (χ3v) is 2.54. The first-order chi connectivity index (χ1) is 8.40. The Morgan fingerprint density at radius 3 is 2.22 bits per heavy atom. The number of rotatable bonds is 5. The van der Waals surface area contributed by atoms with Crippen molar-refractivity contribution in [2.24, 2.45) is 0 Å². The molecule has 18 heavy (non-hydrogen) atoms. The summed E-state index contributed by atoms with van der Waals surface area (Å²) in [5.41, 5.74) is -1.41. The predicted octanol–water partition coefficient (Wildman–Crippen LogP) is 1.19. The summed E-state index contributed by atoms with van der Waals surface area (Å²) in [6.45, 7) is 1.25. The number of Topliss-reactive ketones (excluding diaryl/α,β-unsaturated/α-hetero) is 1. The van der Waals surface area contributed by atoms with Crippen molar-refractivity contribution in [2.45, 2.75) is 18.9 Å². The summed E-state index contributed by atoms with van der Waals surface area (Å²) in [6.07, 6.45) is -0.327. The lowest BCUT2D eigenvalue weighted by Crippen LogP contribution is -2.38. The Hall–Kier alpha value is -1.88. The number of methoxy groups -OCH3 is 2. The molecule has 0 unspecified atom stereocenters. The van der Waals surface area contributed by atoms with Crippen molar-refractivity contribution in [3.8, 4) is 5.75 Å². The van der Waals surface area contributed by atoms with Gasteiger partial charge in [0.05, 0.1) is 20.6 Å². The van der Waals surface area contributed by atoms with Crippen molar-refractivity contribution in [3.63, 3.8) is 0 Å². The van der Waals surface area contributed by atoms with Crippen LogP contribution in [0.15, 0.2) is 24.3 Å². The molecule has 0 amide bonds. The zero-order valence-corrected chi connectivity index (χ0v) is 10.6. The fourth-order valence-electron chi connectivity index (χ4n) is 1.48. The van der Waals surface area contributed by atoms with Crippen LogP contribution < -0.4 is 4.74 Å². The van der Waals surface area contributed by atoms with Crippen LogP contribution in [0, 0.1) is 0 Å². The summed E-state index contributed by atoms with van der Waals surface area (Å²) in [4.78, 5) is 23.1. The van der Waals surface area contributed by atoms with Crippen LogP contribution in [0.2, 0.25) is 0 Å². The highest BCUT2D eigenvalue weighted by molar-refractivity contribution is 5.99. The number of carbonyl (C=O) groups excluding carboxylic acids is 2. The lowest BCUT2D eigenvalue weighted by atomic mass is 9.96. The van der Waals surface area contributed by atoms with Crippen LogP contribution in [-0.2, 0) is 9.53 Å². The van der Waals surface area contributed by atoms with Crippen LogP contribution in [-0.4, -0.2) is 36.7 Å². The Balaban J connectivity index is 2.78. The Bertz CT molecular complexity index is 433. The maximum Gasteiger partial charge on any atom is 0.338 e. The number of esters is 1. The third kappa shape index (κ3) is 3.30. The molecule has 98 valence electrons. The largest absolute Gasteiger partial charge is 0.497 e. The van der Waals surface area contributed by atoms with Gasteiger partial charge in [0.2, 0.25) is 0 Å². The summed E-state index contributed by atoms with van der Waals surface area (Å²) in [6, 6.07) is 6.43. The first-order valence-electron chi connectivity index (χ1n) is 5.39. The smallest absolute Gasteiger partial charge is 0.338 e. The summed E-state index contributed by atoms with van der Waals surface area (Å²) >= 11 is 0. The van der Waals surface area contributed by atoms with Crippen LogP contribution >= 0.6 is 0 Å². The van der Waals surface area contributed by atoms with Gasteiger partial charge < -0.3 is 14.6 Å². The molecule has 1 atom stereocenters. The molecule has 0 saturated carbocycles. The molecule has 0 radical (unpaired) electrons. The maximum atomic E-state index is 11.9. The Kier molecular flexibility index (Phi) is 4.44. The Morgan fingerprint density at radius 1 is 1.22 bits per heavy atom. The van der Waals surface area contributed by atoms with Gasteiger partial charge in [-0.3, -0.25) is 4.79 Å². The van der Waals surface area contributed by atoms with E-state index in [4.69, 9.17) is 4.74 Å². The minimum absolute atomic E-state index is 0.327. The first kappa shape index (κ1) is 14.2. The van der Waals surface area contributed by atoms with Crippen LogP contribution in [0.1, 0.15) is 23.7 Å². The molecule has 0 bridgehead atoms. The third-order valence-electron chi connectivity index (χ3n) is 2.54. The molecule has 1 N–H and O–H groups in total. The summed E-state index contributed by atoms with van der Waals surface area (Å²) < 4.78 is 9.40. The van der Waals surface area contributed by atoms with E-state index < -0.39 is 11.6 Å². The van der Waals surface area contributed by atoms with E-state index in [9.17, 15) is 14.7 Å². The van der Waals surface area contributed by atoms with Crippen molar-refractivity contribution >= 4 is 11.8 Å². The molecule has 0 heterocycles. The van der Waals surface area contributed by atoms with E-state index >= 15 is 0 Å². The van der Waals surface area contributed by atoms with Gasteiger partial charge in [0.25, 0.3) is 0 Å². The van der Waals surface area contributed by atoms with E-state index in [-0.39, 0.29) is 12.2 Å². The van der Waals surface area contributed by atoms with Crippen molar-refractivity contribution < 1.29 is 24.2 Å². The minimum Gasteiger partial charge on any atom is -0.497 e. The second-order valence-corrected chi connectivity index (χ2v) is 4.09. The maximum absolute atomic E-state index is 11.9. The molecule has 0 aliphatic rings. The molecule has 0 saturated heterocycles. The van der Waals surface area contributed by atoms with Crippen LogP contribution in [0.3, 0.4) is 0 Å². The van der Waals surface area contributed by atoms with Crippen molar-refractivity contribution in [1.82, 2.24) is 0 Å². The van der Waals surface area contributed by atoms with Gasteiger partial charge in [0.1, 0.15) is 5.75 Å². The molecule has 0 aliphatic carbocycles. The van der Waals surface area contributed by atoms with E-state index in [1.807, 2.05) is 0 Å². The molecular formula is C13H16O5. The lowest BCUT2D eigenvalue weighted by Gasteiger charge is -2.19. The summed E-state index contributed by atoms with van der Waals surface area (Å²) in [7, 11) is 2.69. The Morgan fingerprint density at radius 2 is 1.78 bits per heavy atom.